The van der Waals surface area contributed by atoms with Crippen molar-refractivity contribution in [3.8, 4) is 0 Å². The number of halogens is 1. The minimum absolute atomic E-state index is 0.0450. The Morgan fingerprint density at radius 2 is 1.91 bits per heavy atom. The Morgan fingerprint density at radius 3 is 2.59 bits per heavy atom. The second-order valence-corrected chi connectivity index (χ2v) is 9.74. The zero-order valence-corrected chi connectivity index (χ0v) is 20.8. The van der Waals surface area contributed by atoms with Crippen LogP contribution < -0.4 is 15.1 Å². The van der Waals surface area contributed by atoms with E-state index in [0.29, 0.717) is 5.69 Å². The van der Waals surface area contributed by atoms with Crippen LogP contribution in [0.15, 0.2) is 58.6 Å². The average Bonchev–Trinajstić information content (AvgIpc) is 2.71. The van der Waals surface area contributed by atoms with Gasteiger partial charge in [-0.2, -0.15) is 0 Å². The summed E-state index contributed by atoms with van der Waals surface area (Å²) in [6.07, 6.45) is 3.88. The van der Waals surface area contributed by atoms with Gasteiger partial charge in [0.05, 0.1) is 11.2 Å². The van der Waals surface area contributed by atoms with E-state index in [4.69, 9.17) is 12.2 Å². The van der Waals surface area contributed by atoms with Gasteiger partial charge in [-0.05, 0) is 87.5 Å². The maximum Gasteiger partial charge on any atom is 0.270 e. The molecule has 4 rings (SSSR count). The molecular weight excluding hydrogens is 486 g/mol. The van der Waals surface area contributed by atoms with E-state index in [-0.39, 0.29) is 16.2 Å². The molecule has 0 radical (unpaired) electrons. The van der Waals surface area contributed by atoms with E-state index < -0.39 is 11.8 Å². The van der Waals surface area contributed by atoms with E-state index >= 15 is 0 Å². The number of thiocarbonyl (C=S) groups is 1. The number of amides is 2. The van der Waals surface area contributed by atoms with E-state index in [9.17, 15) is 9.59 Å². The first-order valence-corrected chi connectivity index (χ1v) is 11.6. The number of nitrogens with zero attached hydrogens (tertiary/aromatic N) is 2. The van der Waals surface area contributed by atoms with Crippen molar-refractivity contribution in [1.29, 1.82) is 0 Å². The van der Waals surface area contributed by atoms with Crippen LogP contribution in [0.5, 0.6) is 0 Å². The molecule has 0 atom stereocenters. The Morgan fingerprint density at radius 1 is 1.16 bits per heavy atom. The molecule has 5 nitrogen and oxygen atoms in total. The second-order valence-electron chi connectivity index (χ2n) is 8.44. The molecule has 2 aromatic carbocycles. The van der Waals surface area contributed by atoms with Gasteiger partial charge in [-0.25, -0.2) is 0 Å². The van der Waals surface area contributed by atoms with Crippen LogP contribution in [0.1, 0.15) is 38.8 Å². The minimum Gasteiger partial charge on any atom is -0.363 e. The van der Waals surface area contributed by atoms with Crippen molar-refractivity contribution in [1.82, 2.24) is 5.32 Å². The zero-order chi connectivity index (χ0) is 23.2. The van der Waals surface area contributed by atoms with Crippen molar-refractivity contribution in [2.24, 2.45) is 0 Å². The Balaban J connectivity index is 1.75. The largest absolute Gasteiger partial charge is 0.363 e. The fourth-order valence-electron chi connectivity index (χ4n) is 4.44. The summed E-state index contributed by atoms with van der Waals surface area (Å²) in [6, 6.07) is 13.3. The van der Waals surface area contributed by atoms with Crippen LogP contribution in [0.25, 0.3) is 11.6 Å². The number of fused-ring (bicyclic) bond motifs is 1. The summed E-state index contributed by atoms with van der Waals surface area (Å²) in [5.74, 6) is -0.939. The lowest BCUT2D eigenvalue weighted by Gasteiger charge is -2.42. The van der Waals surface area contributed by atoms with Gasteiger partial charge < -0.3 is 4.90 Å². The van der Waals surface area contributed by atoms with E-state index in [1.165, 1.54) is 10.5 Å². The van der Waals surface area contributed by atoms with Crippen molar-refractivity contribution in [3.63, 3.8) is 0 Å². The molecule has 0 spiro atoms. The first-order valence-electron chi connectivity index (χ1n) is 10.4. The summed E-state index contributed by atoms with van der Waals surface area (Å²) >= 11 is 8.70. The van der Waals surface area contributed by atoms with Gasteiger partial charge in [0.2, 0.25) is 0 Å². The maximum atomic E-state index is 13.3. The lowest BCUT2D eigenvalue weighted by Crippen LogP contribution is -2.54. The summed E-state index contributed by atoms with van der Waals surface area (Å²) in [4.78, 5) is 29.6. The molecule has 1 fully saturated rings. The van der Waals surface area contributed by atoms with E-state index in [1.807, 2.05) is 24.3 Å². The van der Waals surface area contributed by atoms with Gasteiger partial charge in [0.15, 0.2) is 5.11 Å². The number of hydrogen-bond donors (Lipinski definition) is 1. The number of hydrogen-bond acceptors (Lipinski definition) is 4. The van der Waals surface area contributed by atoms with E-state index in [1.54, 1.807) is 18.2 Å². The fraction of sp³-hybridized carbons (Fsp3) is 0.240. The van der Waals surface area contributed by atoms with Crippen LogP contribution in [0.4, 0.5) is 11.4 Å². The maximum absolute atomic E-state index is 13.3. The molecule has 2 amide bonds. The third-order valence-corrected chi connectivity index (χ3v) is 6.57. The van der Waals surface area contributed by atoms with Crippen LogP contribution in [0.2, 0.25) is 0 Å². The summed E-state index contributed by atoms with van der Waals surface area (Å²) in [7, 11) is 0. The normalized spacial score (nSPS) is 19.1. The molecule has 1 N–H and O–H groups in total. The highest BCUT2D eigenvalue weighted by molar-refractivity contribution is 9.10. The van der Waals surface area contributed by atoms with Gasteiger partial charge in [-0.3, -0.25) is 19.8 Å². The van der Waals surface area contributed by atoms with Crippen LogP contribution in [-0.2, 0) is 9.59 Å². The Labute approximate surface area is 201 Å². The first-order chi connectivity index (χ1) is 15.1. The molecule has 164 valence electrons. The lowest BCUT2D eigenvalue weighted by molar-refractivity contribution is -0.122. The van der Waals surface area contributed by atoms with Crippen molar-refractivity contribution < 1.29 is 9.59 Å². The average molecular weight is 510 g/mol. The Hall–Kier alpha value is -2.77. The molecule has 2 aromatic rings. The van der Waals surface area contributed by atoms with Gasteiger partial charge in [-0.15, -0.1) is 0 Å². The molecule has 0 bridgehead atoms. The number of allylic oxidation sites excluding steroid dienone is 1. The predicted octanol–water partition coefficient (Wildman–Crippen LogP) is 5.30. The van der Waals surface area contributed by atoms with Crippen LogP contribution in [0, 0.1) is 0 Å². The van der Waals surface area contributed by atoms with Crippen LogP contribution in [-0.4, -0.2) is 29.0 Å². The molecular formula is C25H24BrN3O2S. The molecule has 0 saturated carbocycles. The van der Waals surface area contributed by atoms with E-state index in [2.05, 4.69) is 66.0 Å². The Bertz CT molecular complexity index is 1220. The fourth-order valence-corrected chi connectivity index (χ4v) is 5.11. The minimum atomic E-state index is -0.493. The van der Waals surface area contributed by atoms with Crippen molar-refractivity contribution in [2.45, 2.75) is 33.2 Å². The second kappa shape index (κ2) is 8.30. The highest BCUT2D eigenvalue weighted by Crippen LogP contribution is 2.39. The van der Waals surface area contributed by atoms with Gasteiger partial charge >= 0.3 is 0 Å². The quantitative estimate of drug-likeness (QED) is 0.346. The summed E-state index contributed by atoms with van der Waals surface area (Å²) in [6.45, 7) is 9.51. The molecule has 0 aliphatic carbocycles. The highest BCUT2D eigenvalue weighted by atomic mass is 79.9. The smallest absolute Gasteiger partial charge is 0.270 e. The third-order valence-electron chi connectivity index (χ3n) is 5.80. The molecule has 2 aliphatic heterocycles. The van der Waals surface area contributed by atoms with Crippen molar-refractivity contribution in [3.05, 3.63) is 69.7 Å². The standard InChI is InChI=1S/C25H24BrN3O2S/c1-5-28-21-10-9-16(11-19(21)15(2)14-25(28,3)4)12-20-22(30)27-24(32)29(23(20)31)18-8-6-7-17(26)13-18/h6-14H,5H2,1-4H3,(H,27,30,32)/b20-12+. The molecule has 7 heteroatoms. The number of anilines is 2. The highest BCUT2D eigenvalue weighted by Gasteiger charge is 2.35. The lowest BCUT2D eigenvalue weighted by atomic mass is 9.88. The first kappa shape index (κ1) is 22.4. The molecule has 0 aromatic heterocycles. The predicted molar refractivity (Wildman–Crippen MR) is 138 cm³/mol. The van der Waals surface area contributed by atoms with Crippen molar-refractivity contribution in [2.75, 3.05) is 16.3 Å². The molecule has 2 heterocycles. The van der Waals surface area contributed by atoms with Gasteiger partial charge in [0.25, 0.3) is 11.8 Å². The Kier molecular flexibility index (Phi) is 5.81. The van der Waals surface area contributed by atoms with Gasteiger partial charge in [0.1, 0.15) is 5.57 Å². The SMILES string of the molecule is CCN1c2ccc(/C=C3\C(=O)NC(=S)N(c4cccc(Br)c4)C3=O)cc2C(C)=CC1(C)C. The summed E-state index contributed by atoms with van der Waals surface area (Å²) < 4.78 is 0.813. The van der Waals surface area contributed by atoms with Gasteiger partial charge in [-0.1, -0.05) is 34.1 Å². The summed E-state index contributed by atoms with van der Waals surface area (Å²) in [5.41, 5.74) is 4.76. The monoisotopic (exact) mass is 509 g/mol. The van der Waals surface area contributed by atoms with Crippen LogP contribution in [0.3, 0.4) is 0 Å². The van der Waals surface area contributed by atoms with Crippen molar-refractivity contribution >= 4 is 68.1 Å². The number of nitrogens with one attached hydrogen (secondary N) is 1. The number of carbonyl (C=O) groups is 2. The van der Waals surface area contributed by atoms with E-state index in [0.717, 1.165) is 27.8 Å². The topological polar surface area (TPSA) is 52.7 Å². The molecule has 0 unspecified atom stereocenters. The number of rotatable bonds is 3. The number of benzene rings is 2. The molecule has 32 heavy (non-hydrogen) atoms. The molecule has 1 saturated heterocycles. The zero-order valence-electron chi connectivity index (χ0n) is 18.4. The molecule has 2 aliphatic rings. The summed E-state index contributed by atoms with van der Waals surface area (Å²) in [5, 5.41) is 2.71. The van der Waals surface area contributed by atoms with Gasteiger partial charge in [0, 0.05) is 22.3 Å². The third kappa shape index (κ3) is 3.91. The number of carbonyl (C=O) groups excluding carboxylic acids is 2. The van der Waals surface area contributed by atoms with Crippen LogP contribution >= 0.6 is 28.1 Å². The number of likely N-dealkylation sites (N-methyl/N-ethyl adjacent to an activating group) is 1.